The van der Waals surface area contributed by atoms with Gasteiger partial charge in [0.2, 0.25) is 0 Å². The Labute approximate surface area is 244 Å². The summed E-state index contributed by atoms with van der Waals surface area (Å²) in [4.78, 5) is 4.31. The molecular weight excluding hydrogens is 526 g/mol. The fourth-order valence-corrected chi connectivity index (χ4v) is 5.17. The first-order valence-electron chi connectivity index (χ1n) is 13.7. The second-order valence-corrected chi connectivity index (χ2v) is 10.1. The summed E-state index contributed by atoms with van der Waals surface area (Å²) in [6.07, 6.45) is 0. The van der Waals surface area contributed by atoms with Gasteiger partial charge in [0.05, 0.1) is 0 Å². The number of fused-ring (bicyclic) bond motifs is 2. The van der Waals surface area contributed by atoms with Gasteiger partial charge in [-0.15, -0.1) is 0 Å². The van der Waals surface area contributed by atoms with E-state index in [1.807, 2.05) is 91.0 Å². The number of hydrogen-bond acceptors (Lipinski definition) is 7. The van der Waals surface area contributed by atoms with Crippen molar-refractivity contribution < 1.29 is 18.9 Å². The van der Waals surface area contributed by atoms with Crippen molar-refractivity contribution in [2.24, 2.45) is 0 Å². The van der Waals surface area contributed by atoms with Gasteiger partial charge in [0, 0.05) is 35.6 Å². The molecule has 0 unspecified atom stereocenters. The summed E-state index contributed by atoms with van der Waals surface area (Å²) < 4.78 is 24.1. The highest BCUT2D eigenvalue weighted by Crippen LogP contribution is 2.36. The van der Waals surface area contributed by atoms with Gasteiger partial charge in [0.15, 0.2) is 13.5 Å². The second kappa shape index (κ2) is 11.1. The number of hydrogen-bond donors (Lipinski definition) is 0. The summed E-state index contributed by atoms with van der Waals surface area (Å²) >= 11 is 0. The quantitative estimate of drug-likeness (QED) is 0.212. The third-order valence-corrected chi connectivity index (χ3v) is 7.38. The molecule has 0 saturated carbocycles. The molecule has 206 valence electrons. The summed E-state index contributed by atoms with van der Waals surface area (Å²) in [6, 6.07) is 39.3. The van der Waals surface area contributed by atoms with Gasteiger partial charge in [-0.25, -0.2) is 0 Å². The van der Waals surface area contributed by atoms with Crippen molar-refractivity contribution in [1.82, 2.24) is 0 Å². The molecular formula is C35H27N3O4. The van der Waals surface area contributed by atoms with Crippen LogP contribution in [0.5, 0.6) is 34.5 Å². The molecule has 0 radical (unpaired) electrons. The maximum absolute atomic E-state index is 9.99. The summed E-state index contributed by atoms with van der Waals surface area (Å²) in [5, 5.41) is 9.99. The van der Waals surface area contributed by atoms with Crippen molar-refractivity contribution in [3.63, 3.8) is 0 Å². The third-order valence-electron chi connectivity index (χ3n) is 7.38. The van der Waals surface area contributed by atoms with E-state index >= 15 is 0 Å². The Morgan fingerprint density at radius 2 is 1.00 bits per heavy atom. The minimum atomic E-state index is 0.327. The highest BCUT2D eigenvalue weighted by Gasteiger charge is 2.19. The van der Waals surface area contributed by atoms with Crippen LogP contribution >= 0.6 is 0 Å². The first-order valence-corrected chi connectivity index (χ1v) is 13.7. The Morgan fingerprint density at radius 3 is 1.45 bits per heavy atom. The molecule has 7 nitrogen and oxygen atoms in total. The van der Waals surface area contributed by atoms with E-state index in [1.165, 1.54) is 0 Å². The summed E-state index contributed by atoms with van der Waals surface area (Å²) in [5.74, 6) is 3.97. The molecule has 0 spiro atoms. The van der Waals surface area contributed by atoms with Crippen LogP contribution in [0.3, 0.4) is 0 Å². The molecule has 0 fully saturated rings. The summed E-state index contributed by atoms with van der Waals surface area (Å²) in [6.45, 7) is 2.51. The highest BCUT2D eigenvalue weighted by atomic mass is 16.5. The van der Waals surface area contributed by atoms with Crippen LogP contribution in [0.15, 0.2) is 115 Å². The van der Waals surface area contributed by atoms with Crippen molar-refractivity contribution in [1.29, 1.82) is 5.26 Å². The highest BCUT2D eigenvalue weighted by molar-refractivity contribution is 5.58. The molecule has 7 rings (SSSR count). The van der Waals surface area contributed by atoms with Gasteiger partial charge in [-0.3, -0.25) is 0 Å². The predicted octanol–water partition coefficient (Wildman–Crippen LogP) is 7.86. The van der Waals surface area contributed by atoms with Crippen LogP contribution in [0.4, 0.5) is 11.4 Å². The maximum atomic E-state index is 9.99. The molecule has 2 aliphatic heterocycles. The summed E-state index contributed by atoms with van der Waals surface area (Å²) in [7, 11) is 0. The molecule has 5 aromatic carbocycles. The molecule has 2 aliphatic rings. The number of anilines is 2. The molecule has 7 heteroatoms. The molecule has 0 saturated heterocycles. The van der Waals surface area contributed by atoms with Crippen LogP contribution in [0.1, 0.15) is 16.7 Å². The number of nitrogens with zero attached hydrogens (tertiary/aromatic N) is 3. The van der Waals surface area contributed by atoms with Crippen LogP contribution < -0.4 is 28.7 Å². The topological polar surface area (TPSA) is 67.2 Å². The van der Waals surface area contributed by atoms with Crippen LogP contribution in [0.2, 0.25) is 0 Å². The van der Waals surface area contributed by atoms with E-state index in [4.69, 9.17) is 18.9 Å². The number of rotatable bonds is 6. The Morgan fingerprint density at radius 1 is 0.548 bits per heavy atom. The average molecular weight is 554 g/mol. The zero-order chi connectivity index (χ0) is 28.3. The lowest BCUT2D eigenvalue weighted by Crippen LogP contribution is -2.31. The lowest BCUT2D eigenvalue weighted by Gasteiger charge is -2.30. The lowest BCUT2D eigenvalue weighted by molar-refractivity contribution is 0.289. The van der Waals surface area contributed by atoms with E-state index in [0.717, 1.165) is 47.1 Å². The fourth-order valence-electron chi connectivity index (χ4n) is 5.17. The molecule has 0 aliphatic carbocycles. The predicted molar refractivity (Wildman–Crippen MR) is 160 cm³/mol. The van der Waals surface area contributed by atoms with Gasteiger partial charge in [-0.05, 0) is 72.8 Å². The van der Waals surface area contributed by atoms with Crippen molar-refractivity contribution in [3.8, 4) is 40.6 Å². The van der Waals surface area contributed by atoms with Crippen LogP contribution in [-0.4, -0.2) is 13.5 Å². The van der Waals surface area contributed by atoms with E-state index in [1.54, 1.807) is 12.1 Å². The SMILES string of the molecule is N#Cc1c(Oc2ccc(N3COc4ccccc4C3)cc2)cccc1Oc1ccc(N2COc3ccccc3C2)cc1. The van der Waals surface area contributed by atoms with E-state index in [2.05, 4.69) is 28.0 Å². The van der Waals surface area contributed by atoms with Gasteiger partial charge < -0.3 is 28.7 Å². The Kier molecular flexibility index (Phi) is 6.71. The number of nitriles is 1. The van der Waals surface area contributed by atoms with Crippen molar-refractivity contribution >= 4 is 11.4 Å². The molecule has 2 heterocycles. The van der Waals surface area contributed by atoms with Crippen LogP contribution in [0, 0.1) is 11.3 Å². The minimum absolute atomic E-state index is 0.327. The van der Waals surface area contributed by atoms with E-state index < -0.39 is 0 Å². The van der Waals surface area contributed by atoms with Crippen LogP contribution in [-0.2, 0) is 13.1 Å². The fraction of sp³-hybridized carbons (Fsp3) is 0.114. The van der Waals surface area contributed by atoms with E-state index in [9.17, 15) is 5.26 Å². The van der Waals surface area contributed by atoms with E-state index in [0.29, 0.717) is 42.0 Å². The standard InChI is InChI=1S/C35H27N3O4/c36-20-31-34(41-29-16-12-27(13-17-29)37-21-25-6-1-3-8-32(25)39-23-37)10-5-11-35(31)42-30-18-14-28(15-19-30)38-22-26-7-2-4-9-33(26)40-24-38/h1-19H,21-24H2. The van der Waals surface area contributed by atoms with Crippen molar-refractivity contribution in [2.75, 3.05) is 23.3 Å². The van der Waals surface area contributed by atoms with Gasteiger partial charge >= 0.3 is 0 Å². The van der Waals surface area contributed by atoms with Crippen LogP contribution in [0.25, 0.3) is 0 Å². The Hall–Kier alpha value is -5.61. The first-order chi connectivity index (χ1) is 20.7. The molecule has 0 bridgehead atoms. The molecule has 42 heavy (non-hydrogen) atoms. The first kappa shape index (κ1) is 25.4. The molecule has 0 aromatic heterocycles. The number of ether oxygens (including phenoxy) is 4. The largest absolute Gasteiger partial charge is 0.473 e. The molecule has 5 aromatic rings. The third kappa shape index (κ3) is 5.14. The van der Waals surface area contributed by atoms with E-state index in [-0.39, 0.29) is 0 Å². The summed E-state index contributed by atoms with van der Waals surface area (Å²) in [5.41, 5.74) is 4.69. The monoisotopic (exact) mass is 553 g/mol. The smallest absolute Gasteiger partial charge is 0.161 e. The van der Waals surface area contributed by atoms with Gasteiger partial charge in [0.25, 0.3) is 0 Å². The zero-order valence-corrected chi connectivity index (χ0v) is 22.8. The average Bonchev–Trinajstić information content (AvgIpc) is 3.05. The lowest BCUT2D eigenvalue weighted by atomic mass is 10.1. The normalized spacial score (nSPS) is 13.6. The maximum Gasteiger partial charge on any atom is 0.161 e. The Bertz CT molecular complexity index is 1640. The Balaban J connectivity index is 1.03. The molecule has 0 atom stereocenters. The second-order valence-electron chi connectivity index (χ2n) is 10.1. The molecule has 0 amide bonds. The van der Waals surface area contributed by atoms with Crippen molar-refractivity contribution in [2.45, 2.75) is 13.1 Å². The van der Waals surface area contributed by atoms with Crippen molar-refractivity contribution in [3.05, 3.63) is 132 Å². The minimum Gasteiger partial charge on any atom is -0.473 e. The van der Waals surface area contributed by atoms with Gasteiger partial charge in [-0.1, -0.05) is 42.5 Å². The number of para-hydroxylation sites is 2. The zero-order valence-electron chi connectivity index (χ0n) is 22.8. The molecule has 0 N–H and O–H groups in total. The number of benzene rings is 5. The van der Waals surface area contributed by atoms with Gasteiger partial charge in [-0.2, -0.15) is 5.26 Å². The van der Waals surface area contributed by atoms with Gasteiger partial charge in [0.1, 0.15) is 46.1 Å².